The van der Waals surface area contributed by atoms with Gasteiger partial charge < -0.3 is 15.8 Å². The predicted molar refractivity (Wildman–Crippen MR) is 81.5 cm³/mol. The number of nitrogens with one attached hydrogen (secondary N) is 1. The molecule has 0 saturated carbocycles. The number of carbonyl (C=O) groups excluding carboxylic acids is 1. The van der Waals surface area contributed by atoms with E-state index in [1.54, 1.807) is 7.11 Å². The van der Waals surface area contributed by atoms with Crippen molar-refractivity contribution in [2.75, 3.05) is 32.1 Å². The van der Waals surface area contributed by atoms with Crippen LogP contribution in [-0.2, 0) is 16.1 Å². The Labute approximate surface area is 121 Å². The highest BCUT2D eigenvalue weighted by Gasteiger charge is 2.16. The van der Waals surface area contributed by atoms with Crippen LogP contribution in [0.5, 0.6) is 0 Å². The average molecular weight is 279 g/mol. The minimum Gasteiger partial charge on any atom is -0.383 e. The second-order valence-electron chi connectivity index (χ2n) is 4.78. The Morgan fingerprint density at radius 3 is 2.75 bits per heavy atom. The lowest BCUT2D eigenvalue weighted by molar-refractivity contribution is -0.118. The van der Waals surface area contributed by atoms with Crippen LogP contribution in [0, 0.1) is 0 Å². The van der Waals surface area contributed by atoms with Gasteiger partial charge >= 0.3 is 0 Å². The molecule has 0 aliphatic rings. The maximum absolute atomic E-state index is 12.1. The number of para-hydroxylation sites is 1. The molecule has 0 radical (unpaired) electrons. The molecular formula is C15H25N3O2. The molecule has 0 aliphatic carbocycles. The molecule has 1 unspecified atom stereocenters. The Hall–Kier alpha value is -1.43. The largest absolute Gasteiger partial charge is 0.383 e. The predicted octanol–water partition coefficient (Wildman–Crippen LogP) is 1.44. The lowest BCUT2D eigenvalue weighted by atomic mass is 10.2. The highest BCUT2D eigenvalue weighted by Crippen LogP contribution is 2.14. The van der Waals surface area contributed by atoms with Gasteiger partial charge in [0.2, 0.25) is 5.91 Å². The van der Waals surface area contributed by atoms with E-state index in [0.717, 1.165) is 17.8 Å². The van der Waals surface area contributed by atoms with Gasteiger partial charge in [0.15, 0.2) is 0 Å². The fourth-order valence-electron chi connectivity index (χ4n) is 2.12. The molecule has 0 saturated heterocycles. The van der Waals surface area contributed by atoms with Crippen molar-refractivity contribution in [3.8, 4) is 0 Å². The summed E-state index contributed by atoms with van der Waals surface area (Å²) in [6, 6.07) is 7.80. The quantitative estimate of drug-likeness (QED) is 0.755. The summed E-state index contributed by atoms with van der Waals surface area (Å²) >= 11 is 0. The molecule has 0 aliphatic heterocycles. The zero-order valence-electron chi connectivity index (χ0n) is 12.6. The number of hydrogen-bond donors (Lipinski definition) is 2. The van der Waals surface area contributed by atoms with Crippen molar-refractivity contribution in [1.82, 2.24) is 4.90 Å². The highest BCUT2D eigenvalue weighted by atomic mass is 16.5. The first-order chi connectivity index (χ1) is 9.62. The Kier molecular flexibility index (Phi) is 7.22. The minimum absolute atomic E-state index is 0.0318. The summed E-state index contributed by atoms with van der Waals surface area (Å²) in [5, 5.41) is 2.92. The minimum atomic E-state index is -0.0318. The highest BCUT2D eigenvalue weighted by molar-refractivity contribution is 5.93. The van der Waals surface area contributed by atoms with Crippen molar-refractivity contribution < 1.29 is 9.53 Å². The van der Waals surface area contributed by atoms with Crippen molar-refractivity contribution >= 4 is 11.6 Å². The van der Waals surface area contributed by atoms with E-state index in [2.05, 4.69) is 10.2 Å². The number of anilines is 1. The second kappa shape index (κ2) is 8.68. The van der Waals surface area contributed by atoms with E-state index in [1.165, 1.54) is 0 Å². The fourth-order valence-corrected chi connectivity index (χ4v) is 2.12. The molecule has 0 aromatic heterocycles. The van der Waals surface area contributed by atoms with Gasteiger partial charge in [-0.3, -0.25) is 9.69 Å². The van der Waals surface area contributed by atoms with Crippen LogP contribution in [0.2, 0.25) is 0 Å². The number of ether oxygens (including phenoxy) is 1. The zero-order valence-corrected chi connectivity index (χ0v) is 12.6. The summed E-state index contributed by atoms with van der Waals surface area (Å²) in [4.78, 5) is 14.2. The van der Waals surface area contributed by atoms with Crippen molar-refractivity contribution in [2.24, 2.45) is 5.73 Å². The first-order valence-corrected chi connectivity index (χ1v) is 6.93. The Bertz CT molecular complexity index is 423. The standard InChI is InChI=1S/C15H25N3O2/c1-4-18(12(2)11-20-3)10-15(19)17-14-8-6-5-7-13(14)9-16/h5-8,12H,4,9-11,16H2,1-3H3,(H,17,19). The molecule has 1 amide bonds. The lowest BCUT2D eigenvalue weighted by Crippen LogP contribution is -2.41. The van der Waals surface area contributed by atoms with Crippen molar-refractivity contribution in [3.05, 3.63) is 29.8 Å². The van der Waals surface area contributed by atoms with Gasteiger partial charge in [-0.15, -0.1) is 0 Å². The molecule has 0 spiro atoms. The maximum atomic E-state index is 12.1. The van der Waals surface area contributed by atoms with Crippen LogP contribution in [0.1, 0.15) is 19.4 Å². The number of nitrogens with two attached hydrogens (primary N) is 1. The summed E-state index contributed by atoms with van der Waals surface area (Å²) in [5.41, 5.74) is 7.39. The van der Waals surface area contributed by atoms with Gasteiger partial charge in [-0.25, -0.2) is 0 Å². The Morgan fingerprint density at radius 1 is 1.45 bits per heavy atom. The van der Waals surface area contributed by atoms with Gasteiger partial charge in [-0.1, -0.05) is 25.1 Å². The first-order valence-electron chi connectivity index (χ1n) is 6.93. The average Bonchev–Trinajstić information content (AvgIpc) is 2.45. The van der Waals surface area contributed by atoms with Crippen LogP contribution < -0.4 is 11.1 Å². The third kappa shape index (κ3) is 4.92. The van der Waals surface area contributed by atoms with Crippen LogP contribution in [0.25, 0.3) is 0 Å². The molecule has 0 bridgehead atoms. The molecule has 5 nitrogen and oxygen atoms in total. The number of benzene rings is 1. The molecular weight excluding hydrogens is 254 g/mol. The maximum Gasteiger partial charge on any atom is 0.238 e. The molecule has 1 atom stereocenters. The third-order valence-electron chi connectivity index (χ3n) is 3.30. The summed E-state index contributed by atoms with van der Waals surface area (Å²) in [6.45, 7) is 6.26. The molecule has 1 aromatic rings. The molecule has 5 heteroatoms. The SMILES string of the molecule is CCN(CC(=O)Nc1ccccc1CN)C(C)COC. The van der Waals surface area contributed by atoms with E-state index < -0.39 is 0 Å². The number of amides is 1. The van der Waals surface area contributed by atoms with Crippen LogP contribution in [0.3, 0.4) is 0 Å². The lowest BCUT2D eigenvalue weighted by Gasteiger charge is -2.26. The van der Waals surface area contributed by atoms with Gasteiger partial charge in [0, 0.05) is 25.4 Å². The van der Waals surface area contributed by atoms with E-state index in [4.69, 9.17) is 10.5 Å². The van der Waals surface area contributed by atoms with E-state index in [9.17, 15) is 4.79 Å². The molecule has 0 heterocycles. The number of methoxy groups -OCH3 is 1. The number of hydrogen-bond acceptors (Lipinski definition) is 4. The molecule has 0 fully saturated rings. The number of likely N-dealkylation sites (N-methyl/N-ethyl adjacent to an activating group) is 1. The number of carbonyl (C=O) groups is 1. The zero-order chi connectivity index (χ0) is 15.0. The Morgan fingerprint density at radius 2 is 2.15 bits per heavy atom. The topological polar surface area (TPSA) is 67.6 Å². The van der Waals surface area contributed by atoms with Crippen molar-refractivity contribution in [1.29, 1.82) is 0 Å². The van der Waals surface area contributed by atoms with Crippen molar-refractivity contribution in [3.63, 3.8) is 0 Å². The van der Waals surface area contributed by atoms with E-state index in [-0.39, 0.29) is 11.9 Å². The van der Waals surface area contributed by atoms with Gasteiger partial charge in [-0.05, 0) is 25.1 Å². The van der Waals surface area contributed by atoms with Crippen LogP contribution >= 0.6 is 0 Å². The number of nitrogens with zero attached hydrogens (tertiary/aromatic N) is 1. The van der Waals surface area contributed by atoms with Crippen LogP contribution in [0.15, 0.2) is 24.3 Å². The summed E-state index contributed by atoms with van der Waals surface area (Å²) in [7, 11) is 1.67. The molecule has 1 rings (SSSR count). The van der Waals surface area contributed by atoms with Gasteiger partial charge in [0.1, 0.15) is 0 Å². The summed E-state index contributed by atoms with van der Waals surface area (Å²) < 4.78 is 5.13. The second-order valence-corrected chi connectivity index (χ2v) is 4.78. The molecule has 1 aromatic carbocycles. The molecule has 20 heavy (non-hydrogen) atoms. The summed E-state index contributed by atoms with van der Waals surface area (Å²) in [5.74, 6) is -0.0318. The molecule has 3 N–H and O–H groups in total. The van der Waals surface area contributed by atoms with Crippen LogP contribution in [0.4, 0.5) is 5.69 Å². The van der Waals surface area contributed by atoms with Gasteiger partial charge in [-0.2, -0.15) is 0 Å². The Balaban J connectivity index is 2.62. The first kappa shape index (κ1) is 16.6. The monoisotopic (exact) mass is 279 g/mol. The van der Waals surface area contributed by atoms with Crippen molar-refractivity contribution in [2.45, 2.75) is 26.4 Å². The van der Waals surface area contributed by atoms with E-state index >= 15 is 0 Å². The summed E-state index contributed by atoms with van der Waals surface area (Å²) in [6.07, 6.45) is 0. The van der Waals surface area contributed by atoms with Gasteiger partial charge in [0.05, 0.1) is 13.2 Å². The normalized spacial score (nSPS) is 12.4. The third-order valence-corrected chi connectivity index (χ3v) is 3.30. The molecule has 112 valence electrons. The van der Waals surface area contributed by atoms with Crippen LogP contribution in [-0.4, -0.2) is 43.7 Å². The van der Waals surface area contributed by atoms with Gasteiger partial charge in [0.25, 0.3) is 0 Å². The van der Waals surface area contributed by atoms with E-state index in [0.29, 0.717) is 19.7 Å². The van der Waals surface area contributed by atoms with E-state index in [1.807, 2.05) is 38.1 Å². The number of rotatable bonds is 8. The fraction of sp³-hybridized carbons (Fsp3) is 0.533. The smallest absolute Gasteiger partial charge is 0.238 e.